The Hall–Kier alpha value is -1.42. The lowest BCUT2D eigenvalue weighted by atomic mass is 10.2. The first-order chi connectivity index (χ1) is 7.59. The second kappa shape index (κ2) is 6.23. The summed E-state index contributed by atoms with van der Waals surface area (Å²) in [6, 6.07) is 5.51. The summed E-state index contributed by atoms with van der Waals surface area (Å²) in [5.74, 6) is -0.0564. The number of pyridine rings is 1. The summed E-state index contributed by atoms with van der Waals surface area (Å²) in [5.41, 5.74) is 0.841. The summed E-state index contributed by atoms with van der Waals surface area (Å²) in [6.45, 7) is 3.57. The maximum atomic E-state index is 11.5. The molecule has 1 aromatic heterocycles. The first kappa shape index (κ1) is 12.6. The zero-order valence-electron chi connectivity index (χ0n) is 9.68. The lowest BCUT2D eigenvalue weighted by molar-refractivity contribution is -0.122. The maximum absolute atomic E-state index is 11.5. The van der Waals surface area contributed by atoms with Crippen molar-refractivity contribution < 1.29 is 9.90 Å². The van der Waals surface area contributed by atoms with E-state index in [0.717, 1.165) is 5.69 Å². The van der Waals surface area contributed by atoms with Crippen molar-refractivity contribution in [3.8, 4) is 0 Å². The number of rotatable bonds is 5. The molecule has 2 atom stereocenters. The van der Waals surface area contributed by atoms with Crippen molar-refractivity contribution in [1.82, 2.24) is 10.3 Å². The van der Waals surface area contributed by atoms with Gasteiger partial charge in [-0.3, -0.25) is 9.78 Å². The SMILES string of the molecule is CC(O)CCC(=O)N[C@H](C)c1ccccn1. The van der Waals surface area contributed by atoms with Gasteiger partial charge in [0.25, 0.3) is 0 Å². The highest BCUT2D eigenvalue weighted by Crippen LogP contribution is 2.08. The molecule has 2 N–H and O–H groups in total. The summed E-state index contributed by atoms with van der Waals surface area (Å²) < 4.78 is 0. The third kappa shape index (κ3) is 4.40. The molecule has 1 amide bonds. The van der Waals surface area contributed by atoms with Crippen molar-refractivity contribution in [3.63, 3.8) is 0 Å². The molecule has 4 heteroatoms. The molecule has 0 radical (unpaired) electrons. The molecule has 0 bridgehead atoms. The summed E-state index contributed by atoms with van der Waals surface area (Å²) in [7, 11) is 0. The molecule has 1 unspecified atom stereocenters. The van der Waals surface area contributed by atoms with Crippen molar-refractivity contribution in [3.05, 3.63) is 30.1 Å². The van der Waals surface area contributed by atoms with Crippen molar-refractivity contribution in [2.24, 2.45) is 0 Å². The molecule has 0 aliphatic rings. The van der Waals surface area contributed by atoms with Gasteiger partial charge >= 0.3 is 0 Å². The molecule has 1 aromatic rings. The van der Waals surface area contributed by atoms with E-state index < -0.39 is 6.10 Å². The molecule has 0 fully saturated rings. The third-order valence-electron chi connectivity index (χ3n) is 2.30. The van der Waals surface area contributed by atoms with E-state index in [1.165, 1.54) is 0 Å². The number of hydrogen-bond donors (Lipinski definition) is 2. The van der Waals surface area contributed by atoms with E-state index in [4.69, 9.17) is 5.11 Å². The van der Waals surface area contributed by atoms with Gasteiger partial charge in [0.15, 0.2) is 0 Å². The zero-order valence-corrected chi connectivity index (χ0v) is 9.68. The largest absolute Gasteiger partial charge is 0.393 e. The number of nitrogens with one attached hydrogen (secondary N) is 1. The van der Waals surface area contributed by atoms with Crippen LogP contribution in [0.5, 0.6) is 0 Å². The van der Waals surface area contributed by atoms with Gasteiger partial charge in [-0.1, -0.05) is 6.07 Å². The summed E-state index contributed by atoms with van der Waals surface area (Å²) in [6.07, 6.45) is 2.10. The Balaban J connectivity index is 2.40. The Bertz CT molecular complexity index is 325. The molecule has 0 saturated heterocycles. The molecule has 16 heavy (non-hydrogen) atoms. The van der Waals surface area contributed by atoms with Crippen LogP contribution in [-0.2, 0) is 4.79 Å². The molecule has 0 saturated carbocycles. The second-order valence-electron chi connectivity index (χ2n) is 3.93. The zero-order chi connectivity index (χ0) is 12.0. The van der Waals surface area contributed by atoms with E-state index >= 15 is 0 Å². The van der Waals surface area contributed by atoms with Crippen molar-refractivity contribution in [2.45, 2.75) is 38.8 Å². The Kier molecular flexibility index (Phi) is 4.92. The monoisotopic (exact) mass is 222 g/mol. The first-order valence-corrected chi connectivity index (χ1v) is 5.48. The maximum Gasteiger partial charge on any atom is 0.220 e. The van der Waals surface area contributed by atoms with Crippen LogP contribution in [0.1, 0.15) is 38.4 Å². The van der Waals surface area contributed by atoms with Gasteiger partial charge in [-0.05, 0) is 32.4 Å². The van der Waals surface area contributed by atoms with Gasteiger partial charge in [0, 0.05) is 12.6 Å². The highest BCUT2D eigenvalue weighted by atomic mass is 16.3. The number of amides is 1. The van der Waals surface area contributed by atoms with Gasteiger partial charge in [0.2, 0.25) is 5.91 Å². The molecule has 0 aliphatic carbocycles. The Morgan fingerprint density at radius 3 is 2.81 bits per heavy atom. The van der Waals surface area contributed by atoms with Gasteiger partial charge < -0.3 is 10.4 Å². The minimum Gasteiger partial charge on any atom is -0.393 e. The van der Waals surface area contributed by atoms with Crippen LogP contribution in [0.3, 0.4) is 0 Å². The van der Waals surface area contributed by atoms with Crippen LogP contribution in [0.15, 0.2) is 24.4 Å². The molecule has 0 aliphatic heterocycles. The fraction of sp³-hybridized carbons (Fsp3) is 0.500. The number of nitrogens with zero attached hydrogens (tertiary/aromatic N) is 1. The lowest BCUT2D eigenvalue weighted by Crippen LogP contribution is -2.27. The van der Waals surface area contributed by atoms with Gasteiger partial charge in [-0.2, -0.15) is 0 Å². The Labute approximate surface area is 95.7 Å². The van der Waals surface area contributed by atoms with E-state index in [1.807, 2.05) is 25.1 Å². The first-order valence-electron chi connectivity index (χ1n) is 5.48. The van der Waals surface area contributed by atoms with Crippen molar-refractivity contribution >= 4 is 5.91 Å². The number of carbonyl (C=O) groups excluding carboxylic acids is 1. The number of hydrogen-bond acceptors (Lipinski definition) is 3. The van der Waals surface area contributed by atoms with Crippen LogP contribution in [0.4, 0.5) is 0 Å². The van der Waals surface area contributed by atoms with Gasteiger partial charge in [0.05, 0.1) is 17.8 Å². The smallest absolute Gasteiger partial charge is 0.220 e. The summed E-state index contributed by atoms with van der Waals surface area (Å²) in [5, 5.41) is 11.9. The van der Waals surface area contributed by atoms with E-state index in [-0.39, 0.29) is 11.9 Å². The predicted molar refractivity (Wildman–Crippen MR) is 61.7 cm³/mol. The number of aliphatic hydroxyl groups is 1. The fourth-order valence-electron chi connectivity index (χ4n) is 1.36. The molecular weight excluding hydrogens is 204 g/mol. The highest BCUT2D eigenvalue weighted by molar-refractivity contribution is 5.76. The molecule has 0 spiro atoms. The molecular formula is C12H18N2O2. The van der Waals surface area contributed by atoms with Crippen molar-refractivity contribution in [2.75, 3.05) is 0 Å². The van der Waals surface area contributed by atoms with Crippen LogP contribution in [0.25, 0.3) is 0 Å². The Morgan fingerprint density at radius 1 is 1.50 bits per heavy atom. The van der Waals surface area contributed by atoms with Crippen LogP contribution < -0.4 is 5.32 Å². The fourth-order valence-corrected chi connectivity index (χ4v) is 1.36. The minimum absolute atomic E-state index is 0.0564. The van der Waals surface area contributed by atoms with Gasteiger partial charge in [0.1, 0.15) is 0 Å². The van der Waals surface area contributed by atoms with E-state index in [2.05, 4.69) is 10.3 Å². The number of aromatic nitrogens is 1. The molecule has 88 valence electrons. The third-order valence-corrected chi connectivity index (χ3v) is 2.30. The minimum atomic E-state index is -0.434. The standard InChI is InChI=1S/C12H18N2O2/c1-9(15)6-7-12(16)14-10(2)11-5-3-4-8-13-11/h3-5,8-10,15H,6-7H2,1-2H3,(H,14,16)/t9?,10-/m1/s1. The van der Waals surface area contributed by atoms with Gasteiger partial charge in [-0.15, -0.1) is 0 Å². The molecule has 1 heterocycles. The van der Waals surface area contributed by atoms with Crippen LogP contribution >= 0.6 is 0 Å². The van der Waals surface area contributed by atoms with Crippen molar-refractivity contribution in [1.29, 1.82) is 0 Å². The second-order valence-corrected chi connectivity index (χ2v) is 3.93. The molecule has 0 aromatic carbocycles. The van der Waals surface area contributed by atoms with Crippen LogP contribution in [0, 0.1) is 0 Å². The van der Waals surface area contributed by atoms with Crippen LogP contribution in [0.2, 0.25) is 0 Å². The molecule has 1 rings (SSSR count). The lowest BCUT2D eigenvalue weighted by Gasteiger charge is -2.13. The number of carbonyl (C=O) groups is 1. The van der Waals surface area contributed by atoms with Gasteiger partial charge in [-0.25, -0.2) is 0 Å². The topological polar surface area (TPSA) is 62.2 Å². The quantitative estimate of drug-likeness (QED) is 0.792. The molecule has 4 nitrogen and oxygen atoms in total. The van der Waals surface area contributed by atoms with E-state index in [0.29, 0.717) is 12.8 Å². The average Bonchev–Trinajstić information content (AvgIpc) is 2.27. The summed E-state index contributed by atoms with van der Waals surface area (Å²) >= 11 is 0. The Morgan fingerprint density at radius 2 is 2.25 bits per heavy atom. The van der Waals surface area contributed by atoms with Crippen LogP contribution in [-0.4, -0.2) is 22.1 Å². The normalized spacial score (nSPS) is 14.2. The van der Waals surface area contributed by atoms with E-state index in [1.54, 1.807) is 13.1 Å². The summed E-state index contributed by atoms with van der Waals surface area (Å²) in [4.78, 5) is 15.6. The highest BCUT2D eigenvalue weighted by Gasteiger charge is 2.10. The predicted octanol–water partition coefficient (Wildman–Crippen LogP) is 1.42. The number of aliphatic hydroxyl groups excluding tert-OH is 1. The van der Waals surface area contributed by atoms with E-state index in [9.17, 15) is 4.79 Å². The average molecular weight is 222 g/mol.